The van der Waals surface area contributed by atoms with E-state index in [1.165, 1.54) is 5.56 Å². The Hall–Kier alpha value is -2.14. The molecule has 1 aliphatic heterocycles. The SMILES string of the molecule is CC(Nc1ccc(N2CCOCC2)nc1)c1ccncc1. The average Bonchev–Trinajstić information content (AvgIpc) is 2.57. The predicted molar refractivity (Wildman–Crippen MR) is 83.5 cm³/mol. The highest BCUT2D eigenvalue weighted by Gasteiger charge is 2.12. The maximum atomic E-state index is 5.36. The van der Waals surface area contributed by atoms with Gasteiger partial charge >= 0.3 is 0 Å². The number of hydrogen-bond acceptors (Lipinski definition) is 5. The van der Waals surface area contributed by atoms with Crippen LogP contribution in [0.1, 0.15) is 18.5 Å². The lowest BCUT2D eigenvalue weighted by Crippen LogP contribution is -2.36. The van der Waals surface area contributed by atoms with Crippen molar-refractivity contribution >= 4 is 11.5 Å². The molecule has 1 saturated heterocycles. The first-order chi connectivity index (χ1) is 10.3. The van der Waals surface area contributed by atoms with E-state index in [0.717, 1.165) is 37.8 Å². The molecule has 1 unspecified atom stereocenters. The number of nitrogens with zero attached hydrogens (tertiary/aromatic N) is 3. The van der Waals surface area contributed by atoms with Gasteiger partial charge in [-0.2, -0.15) is 0 Å². The van der Waals surface area contributed by atoms with E-state index in [1.54, 1.807) is 0 Å². The first-order valence-corrected chi connectivity index (χ1v) is 7.28. The van der Waals surface area contributed by atoms with Crippen molar-refractivity contribution in [2.75, 3.05) is 36.5 Å². The zero-order valence-electron chi connectivity index (χ0n) is 12.2. The van der Waals surface area contributed by atoms with Crippen molar-refractivity contribution < 1.29 is 4.74 Å². The van der Waals surface area contributed by atoms with Crippen LogP contribution in [0, 0.1) is 0 Å². The lowest BCUT2D eigenvalue weighted by atomic mass is 10.1. The van der Waals surface area contributed by atoms with Crippen LogP contribution >= 0.6 is 0 Å². The van der Waals surface area contributed by atoms with Gasteiger partial charge in [-0.05, 0) is 36.8 Å². The molecule has 0 aromatic carbocycles. The second-order valence-corrected chi connectivity index (χ2v) is 5.15. The smallest absolute Gasteiger partial charge is 0.128 e. The summed E-state index contributed by atoms with van der Waals surface area (Å²) in [6.07, 6.45) is 5.52. The number of nitrogens with one attached hydrogen (secondary N) is 1. The topological polar surface area (TPSA) is 50.3 Å². The standard InChI is InChI=1S/C16H20N4O/c1-13(14-4-6-17-7-5-14)19-15-2-3-16(18-12-15)20-8-10-21-11-9-20/h2-7,12-13,19H,8-11H2,1H3. The van der Waals surface area contributed by atoms with Crippen LogP contribution in [0.5, 0.6) is 0 Å². The van der Waals surface area contributed by atoms with Crippen molar-refractivity contribution in [3.8, 4) is 0 Å². The number of anilines is 2. The summed E-state index contributed by atoms with van der Waals surface area (Å²) in [4.78, 5) is 10.8. The van der Waals surface area contributed by atoms with E-state index in [2.05, 4.69) is 39.2 Å². The number of hydrogen-bond donors (Lipinski definition) is 1. The van der Waals surface area contributed by atoms with Crippen molar-refractivity contribution in [1.82, 2.24) is 9.97 Å². The minimum Gasteiger partial charge on any atom is -0.378 e. The predicted octanol–water partition coefficient (Wildman–Crippen LogP) is 2.49. The normalized spacial score (nSPS) is 16.5. The molecule has 0 aliphatic carbocycles. The molecule has 3 heterocycles. The summed E-state index contributed by atoms with van der Waals surface area (Å²) >= 11 is 0. The molecule has 5 heteroatoms. The van der Waals surface area contributed by atoms with E-state index in [4.69, 9.17) is 4.74 Å². The van der Waals surface area contributed by atoms with Crippen molar-refractivity contribution in [3.63, 3.8) is 0 Å². The van der Waals surface area contributed by atoms with E-state index in [-0.39, 0.29) is 6.04 Å². The molecule has 0 saturated carbocycles. The van der Waals surface area contributed by atoms with Crippen LogP contribution < -0.4 is 10.2 Å². The molecule has 1 aliphatic rings. The average molecular weight is 284 g/mol. The van der Waals surface area contributed by atoms with E-state index < -0.39 is 0 Å². The highest BCUT2D eigenvalue weighted by atomic mass is 16.5. The van der Waals surface area contributed by atoms with Gasteiger partial charge in [-0.3, -0.25) is 4.98 Å². The second-order valence-electron chi connectivity index (χ2n) is 5.15. The quantitative estimate of drug-likeness (QED) is 0.934. The Morgan fingerprint density at radius 1 is 1.14 bits per heavy atom. The van der Waals surface area contributed by atoms with Gasteiger partial charge in [0.2, 0.25) is 0 Å². The fourth-order valence-corrected chi connectivity index (χ4v) is 2.44. The largest absolute Gasteiger partial charge is 0.378 e. The Morgan fingerprint density at radius 3 is 2.57 bits per heavy atom. The van der Waals surface area contributed by atoms with Gasteiger partial charge < -0.3 is 15.0 Å². The van der Waals surface area contributed by atoms with Crippen LogP contribution in [-0.4, -0.2) is 36.3 Å². The number of ether oxygens (including phenoxy) is 1. The van der Waals surface area contributed by atoms with Crippen LogP contribution in [-0.2, 0) is 4.74 Å². The van der Waals surface area contributed by atoms with E-state index in [9.17, 15) is 0 Å². The van der Waals surface area contributed by atoms with E-state index >= 15 is 0 Å². The second kappa shape index (κ2) is 6.54. The number of pyridine rings is 2. The molecule has 1 N–H and O–H groups in total. The highest BCUT2D eigenvalue weighted by Crippen LogP contribution is 2.20. The minimum absolute atomic E-state index is 0.226. The summed E-state index contributed by atoms with van der Waals surface area (Å²) in [6, 6.07) is 8.41. The monoisotopic (exact) mass is 284 g/mol. The Labute approximate surface area is 125 Å². The maximum absolute atomic E-state index is 5.36. The molecule has 1 fully saturated rings. The molecule has 5 nitrogen and oxygen atoms in total. The molecule has 2 aromatic rings. The molecular weight excluding hydrogens is 264 g/mol. The molecular formula is C16H20N4O. The fraction of sp³-hybridized carbons (Fsp3) is 0.375. The van der Waals surface area contributed by atoms with Crippen molar-refractivity contribution in [1.29, 1.82) is 0 Å². The molecule has 3 rings (SSSR count). The number of rotatable bonds is 4. The number of morpholine rings is 1. The lowest BCUT2D eigenvalue weighted by molar-refractivity contribution is 0.122. The van der Waals surface area contributed by atoms with Crippen LogP contribution in [0.3, 0.4) is 0 Å². The van der Waals surface area contributed by atoms with Crippen LogP contribution in [0.4, 0.5) is 11.5 Å². The fourth-order valence-electron chi connectivity index (χ4n) is 2.44. The first kappa shape index (κ1) is 13.8. The van der Waals surface area contributed by atoms with Gasteiger partial charge in [0.25, 0.3) is 0 Å². The minimum atomic E-state index is 0.226. The molecule has 21 heavy (non-hydrogen) atoms. The Balaban J connectivity index is 1.64. The third-order valence-corrected chi connectivity index (χ3v) is 3.67. The Kier molecular flexibility index (Phi) is 4.31. The first-order valence-electron chi connectivity index (χ1n) is 7.28. The zero-order chi connectivity index (χ0) is 14.5. The van der Waals surface area contributed by atoms with Gasteiger partial charge in [0.15, 0.2) is 0 Å². The summed E-state index contributed by atoms with van der Waals surface area (Å²) < 4.78 is 5.36. The maximum Gasteiger partial charge on any atom is 0.128 e. The highest BCUT2D eigenvalue weighted by molar-refractivity contribution is 5.50. The molecule has 0 spiro atoms. The third kappa shape index (κ3) is 3.49. The van der Waals surface area contributed by atoms with Gasteiger partial charge in [0, 0.05) is 31.5 Å². The zero-order valence-corrected chi connectivity index (χ0v) is 12.2. The van der Waals surface area contributed by atoms with Gasteiger partial charge in [0.05, 0.1) is 25.1 Å². The molecule has 0 amide bonds. The Bertz CT molecular complexity index is 552. The van der Waals surface area contributed by atoms with E-state index in [0.29, 0.717) is 0 Å². The molecule has 0 radical (unpaired) electrons. The summed E-state index contributed by atoms with van der Waals surface area (Å²) in [5.41, 5.74) is 2.23. The molecule has 2 aromatic heterocycles. The van der Waals surface area contributed by atoms with Crippen molar-refractivity contribution in [2.45, 2.75) is 13.0 Å². The number of aromatic nitrogens is 2. The summed E-state index contributed by atoms with van der Waals surface area (Å²) in [5.74, 6) is 1.01. The molecule has 110 valence electrons. The third-order valence-electron chi connectivity index (χ3n) is 3.67. The summed E-state index contributed by atoms with van der Waals surface area (Å²) in [7, 11) is 0. The van der Waals surface area contributed by atoms with Crippen molar-refractivity contribution in [3.05, 3.63) is 48.4 Å². The molecule has 0 bridgehead atoms. The van der Waals surface area contributed by atoms with Gasteiger partial charge in [-0.25, -0.2) is 4.98 Å². The van der Waals surface area contributed by atoms with Gasteiger partial charge in [-0.1, -0.05) is 0 Å². The van der Waals surface area contributed by atoms with Gasteiger partial charge in [-0.15, -0.1) is 0 Å². The summed E-state index contributed by atoms with van der Waals surface area (Å²) in [5, 5.41) is 3.45. The molecule has 1 atom stereocenters. The van der Waals surface area contributed by atoms with Crippen molar-refractivity contribution in [2.24, 2.45) is 0 Å². The lowest BCUT2D eigenvalue weighted by Gasteiger charge is -2.28. The van der Waals surface area contributed by atoms with Gasteiger partial charge in [0.1, 0.15) is 5.82 Å². The van der Waals surface area contributed by atoms with Crippen LogP contribution in [0.15, 0.2) is 42.9 Å². The Morgan fingerprint density at radius 2 is 1.90 bits per heavy atom. The van der Waals surface area contributed by atoms with Crippen LogP contribution in [0.25, 0.3) is 0 Å². The van der Waals surface area contributed by atoms with Crippen LogP contribution in [0.2, 0.25) is 0 Å². The van der Waals surface area contributed by atoms with E-state index in [1.807, 2.05) is 30.7 Å². The summed E-state index contributed by atoms with van der Waals surface area (Å²) in [6.45, 7) is 5.51.